The Labute approximate surface area is 185 Å². The van der Waals surface area contributed by atoms with Crippen molar-refractivity contribution in [1.82, 2.24) is 0 Å². The third kappa shape index (κ3) is 4.03. The first-order valence-corrected chi connectivity index (χ1v) is 9.21. The molecular formula is C22H26O10. The van der Waals surface area contributed by atoms with E-state index in [4.69, 9.17) is 37.9 Å². The van der Waals surface area contributed by atoms with Crippen molar-refractivity contribution in [3.63, 3.8) is 0 Å². The third-order valence-corrected chi connectivity index (χ3v) is 4.72. The highest BCUT2D eigenvalue weighted by Crippen LogP contribution is 2.54. The van der Waals surface area contributed by atoms with Crippen LogP contribution in [0.1, 0.15) is 20.7 Å². The molecule has 2 aromatic rings. The second kappa shape index (κ2) is 10.5. The summed E-state index contributed by atoms with van der Waals surface area (Å²) in [5.41, 5.74) is 0.348. The first-order chi connectivity index (χ1) is 15.4. The summed E-state index contributed by atoms with van der Waals surface area (Å²) in [7, 11) is 10.9. The molecule has 0 saturated heterocycles. The number of hydrogen-bond donors (Lipinski definition) is 0. The molecule has 0 radical (unpaired) electrons. The molecule has 0 aliphatic rings. The predicted molar refractivity (Wildman–Crippen MR) is 114 cm³/mol. The molecule has 0 bridgehead atoms. The molecule has 0 fully saturated rings. The van der Waals surface area contributed by atoms with Gasteiger partial charge >= 0.3 is 11.9 Å². The Kier molecular flexibility index (Phi) is 8.00. The van der Waals surface area contributed by atoms with Crippen molar-refractivity contribution >= 4 is 11.9 Å². The SMILES string of the molecule is COC(=O)c1cc(OC)c(OC)c(OC)c1-c1c(C(=O)OC)cc(OC)c(OC)c1OC. The summed E-state index contributed by atoms with van der Waals surface area (Å²) in [5.74, 6) is -0.430. The van der Waals surface area contributed by atoms with Gasteiger partial charge in [-0.3, -0.25) is 0 Å². The average molecular weight is 450 g/mol. The van der Waals surface area contributed by atoms with E-state index in [2.05, 4.69) is 0 Å². The number of carbonyl (C=O) groups excluding carboxylic acids is 2. The fourth-order valence-electron chi connectivity index (χ4n) is 3.35. The quantitative estimate of drug-likeness (QED) is 0.529. The van der Waals surface area contributed by atoms with Gasteiger partial charge in [-0.05, 0) is 12.1 Å². The Morgan fingerprint density at radius 3 is 1.03 bits per heavy atom. The lowest BCUT2D eigenvalue weighted by atomic mass is 9.91. The van der Waals surface area contributed by atoms with E-state index in [1.54, 1.807) is 0 Å². The number of hydrogen-bond acceptors (Lipinski definition) is 10. The van der Waals surface area contributed by atoms with Crippen LogP contribution in [0.4, 0.5) is 0 Å². The van der Waals surface area contributed by atoms with Crippen molar-refractivity contribution in [2.45, 2.75) is 0 Å². The van der Waals surface area contributed by atoms with Crippen molar-refractivity contribution in [2.24, 2.45) is 0 Å². The molecule has 32 heavy (non-hydrogen) atoms. The standard InChI is InChI=1S/C22H26O10/c1-25-13-9-11(21(23)31-7)15(19(29-5)17(13)27-3)16-12(22(24)32-8)10-14(26-2)18(28-4)20(16)30-6/h9-10H,1-8H3. The van der Waals surface area contributed by atoms with Crippen LogP contribution in [-0.2, 0) is 9.47 Å². The molecule has 0 saturated carbocycles. The van der Waals surface area contributed by atoms with Crippen molar-refractivity contribution in [1.29, 1.82) is 0 Å². The number of esters is 2. The van der Waals surface area contributed by atoms with Gasteiger partial charge < -0.3 is 37.9 Å². The maximum Gasteiger partial charge on any atom is 0.338 e. The van der Waals surface area contributed by atoms with Crippen LogP contribution >= 0.6 is 0 Å². The van der Waals surface area contributed by atoms with Gasteiger partial charge in [0, 0.05) is 11.1 Å². The molecular weight excluding hydrogens is 424 g/mol. The van der Waals surface area contributed by atoms with Gasteiger partial charge in [-0.1, -0.05) is 0 Å². The van der Waals surface area contributed by atoms with Gasteiger partial charge in [0.2, 0.25) is 11.5 Å². The molecule has 0 unspecified atom stereocenters. The van der Waals surface area contributed by atoms with E-state index in [1.165, 1.54) is 69.0 Å². The minimum atomic E-state index is -0.716. The van der Waals surface area contributed by atoms with E-state index in [1.807, 2.05) is 0 Å². The molecule has 0 atom stereocenters. The Balaban J connectivity index is 3.23. The maximum absolute atomic E-state index is 12.8. The lowest BCUT2D eigenvalue weighted by molar-refractivity contribution is 0.0589. The van der Waals surface area contributed by atoms with E-state index < -0.39 is 11.9 Å². The summed E-state index contributed by atoms with van der Waals surface area (Å²) in [6.07, 6.45) is 0. The van der Waals surface area contributed by atoms with Gasteiger partial charge in [-0.15, -0.1) is 0 Å². The third-order valence-electron chi connectivity index (χ3n) is 4.72. The van der Waals surface area contributed by atoms with Crippen LogP contribution in [0, 0.1) is 0 Å². The van der Waals surface area contributed by atoms with E-state index in [9.17, 15) is 9.59 Å². The largest absolute Gasteiger partial charge is 0.493 e. The van der Waals surface area contributed by atoms with Gasteiger partial charge in [0.25, 0.3) is 0 Å². The maximum atomic E-state index is 12.8. The van der Waals surface area contributed by atoms with Crippen LogP contribution < -0.4 is 28.4 Å². The van der Waals surface area contributed by atoms with Crippen LogP contribution in [0.25, 0.3) is 11.1 Å². The molecule has 0 heterocycles. The van der Waals surface area contributed by atoms with Gasteiger partial charge in [0.15, 0.2) is 23.0 Å². The topological polar surface area (TPSA) is 108 Å². The first kappa shape index (κ1) is 24.4. The zero-order chi connectivity index (χ0) is 24.0. The molecule has 2 aromatic carbocycles. The second-order valence-corrected chi connectivity index (χ2v) is 6.12. The molecule has 0 spiro atoms. The van der Waals surface area contributed by atoms with E-state index in [-0.39, 0.29) is 56.8 Å². The zero-order valence-corrected chi connectivity index (χ0v) is 19.2. The number of rotatable bonds is 9. The first-order valence-electron chi connectivity index (χ1n) is 9.21. The predicted octanol–water partition coefficient (Wildman–Crippen LogP) is 2.98. The van der Waals surface area contributed by atoms with Gasteiger partial charge in [-0.2, -0.15) is 0 Å². The fraction of sp³-hybridized carbons (Fsp3) is 0.364. The number of ether oxygens (including phenoxy) is 8. The summed E-state index contributed by atoms with van der Waals surface area (Å²) in [5, 5.41) is 0. The van der Waals surface area contributed by atoms with Crippen LogP contribution in [-0.4, -0.2) is 68.8 Å². The minimum absolute atomic E-state index is 0.0256. The highest BCUT2D eigenvalue weighted by atomic mass is 16.5. The van der Waals surface area contributed by atoms with Crippen LogP contribution in [0.3, 0.4) is 0 Å². The number of carbonyl (C=O) groups is 2. The number of benzene rings is 2. The summed E-state index contributed by atoms with van der Waals surface area (Å²) in [6.45, 7) is 0. The monoisotopic (exact) mass is 450 g/mol. The molecule has 2 rings (SSSR count). The average Bonchev–Trinajstić information content (AvgIpc) is 2.84. The molecule has 174 valence electrons. The zero-order valence-electron chi connectivity index (χ0n) is 19.2. The Bertz CT molecular complexity index is 931. The smallest absolute Gasteiger partial charge is 0.338 e. The molecule has 10 nitrogen and oxygen atoms in total. The number of methoxy groups -OCH3 is 8. The Morgan fingerprint density at radius 1 is 0.500 bits per heavy atom. The van der Waals surface area contributed by atoms with Crippen LogP contribution in [0.5, 0.6) is 34.5 Å². The van der Waals surface area contributed by atoms with E-state index in [0.29, 0.717) is 0 Å². The highest BCUT2D eigenvalue weighted by Gasteiger charge is 2.34. The minimum Gasteiger partial charge on any atom is -0.493 e. The van der Waals surface area contributed by atoms with E-state index in [0.717, 1.165) is 0 Å². The summed E-state index contributed by atoms with van der Waals surface area (Å²) in [4.78, 5) is 25.6. The van der Waals surface area contributed by atoms with Gasteiger partial charge in [-0.25, -0.2) is 9.59 Å². The molecule has 0 aliphatic heterocycles. The summed E-state index contributed by atoms with van der Waals surface area (Å²) < 4.78 is 42.8. The normalized spacial score (nSPS) is 10.1. The van der Waals surface area contributed by atoms with E-state index >= 15 is 0 Å². The molecule has 10 heteroatoms. The van der Waals surface area contributed by atoms with Crippen molar-refractivity contribution in [3.8, 4) is 45.6 Å². The van der Waals surface area contributed by atoms with Gasteiger partial charge in [0.05, 0.1) is 68.0 Å². The summed E-state index contributed by atoms with van der Waals surface area (Å²) in [6, 6.07) is 2.83. The second-order valence-electron chi connectivity index (χ2n) is 6.12. The van der Waals surface area contributed by atoms with Crippen LogP contribution in [0.2, 0.25) is 0 Å². The molecule has 0 N–H and O–H groups in total. The Hall–Kier alpha value is -3.82. The fourth-order valence-corrected chi connectivity index (χ4v) is 3.35. The van der Waals surface area contributed by atoms with Gasteiger partial charge in [0.1, 0.15) is 0 Å². The van der Waals surface area contributed by atoms with Crippen molar-refractivity contribution < 1.29 is 47.5 Å². The lowest BCUT2D eigenvalue weighted by Gasteiger charge is -2.23. The molecule has 0 aliphatic carbocycles. The Morgan fingerprint density at radius 2 is 0.812 bits per heavy atom. The summed E-state index contributed by atoms with van der Waals surface area (Å²) >= 11 is 0. The van der Waals surface area contributed by atoms with Crippen molar-refractivity contribution in [2.75, 3.05) is 56.9 Å². The highest BCUT2D eigenvalue weighted by molar-refractivity contribution is 6.08. The van der Waals surface area contributed by atoms with Crippen molar-refractivity contribution in [3.05, 3.63) is 23.3 Å². The molecule has 0 aromatic heterocycles. The van der Waals surface area contributed by atoms with Crippen LogP contribution in [0.15, 0.2) is 12.1 Å². The lowest BCUT2D eigenvalue weighted by Crippen LogP contribution is -2.12. The molecule has 0 amide bonds.